The second-order valence-corrected chi connectivity index (χ2v) is 3.81. The summed E-state index contributed by atoms with van der Waals surface area (Å²) in [7, 11) is 1.33. The van der Waals surface area contributed by atoms with E-state index in [1.54, 1.807) is 12.1 Å². The Hall–Kier alpha value is -2.50. The molecular formula is C14H11F2NO3. The molecule has 0 amide bonds. The predicted molar refractivity (Wildman–Crippen MR) is 67.3 cm³/mol. The molecule has 1 heterocycles. The lowest BCUT2D eigenvalue weighted by atomic mass is 10.0. The summed E-state index contributed by atoms with van der Waals surface area (Å²) in [5.74, 6) is -0.384. The molecule has 0 aliphatic rings. The highest BCUT2D eigenvalue weighted by Gasteiger charge is 2.15. The average Bonchev–Trinajstić information content (AvgIpc) is 2.46. The van der Waals surface area contributed by atoms with Crippen LogP contribution < -0.4 is 9.47 Å². The summed E-state index contributed by atoms with van der Waals surface area (Å²) in [6.45, 7) is -2.99. The van der Waals surface area contributed by atoms with E-state index >= 15 is 0 Å². The van der Waals surface area contributed by atoms with Crippen molar-refractivity contribution in [1.82, 2.24) is 4.98 Å². The van der Waals surface area contributed by atoms with E-state index < -0.39 is 6.61 Å². The third-order valence-corrected chi connectivity index (χ3v) is 2.57. The minimum atomic E-state index is -2.99. The lowest BCUT2D eigenvalue weighted by Crippen LogP contribution is -2.06. The Morgan fingerprint density at radius 3 is 2.60 bits per heavy atom. The van der Waals surface area contributed by atoms with E-state index in [-0.39, 0.29) is 22.8 Å². The van der Waals surface area contributed by atoms with Crippen molar-refractivity contribution < 1.29 is 23.0 Å². The molecule has 0 saturated heterocycles. The number of pyridine rings is 1. The standard InChI is InChI=1S/C14H11F2NO3/c1-19-11-5-4-9(7-12(11)20-14(15)16)13(18)10-3-2-6-17-8-10/h2-8,14H,1H3. The Bertz CT molecular complexity index is 603. The molecule has 0 bridgehead atoms. The zero-order valence-corrected chi connectivity index (χ0v) is 10.5. The highest BCUT2D eigenvalue weighted by atomic mass is 19.3. The van der Waals surface area contributed by atoms with Gasteiger partial charge in [0, 0.05) is 23.5 Å². The van der Waals surface area contributed by atoms with E-state index in [0.717, 1.165) is 0 Å². The van der Waals surface area contributed by atoms with Crippen LogP contribution in [0.1, 0.15) is 15.9 Å². The van der Waals surface area contributed by atoms with Crippen LogP contribution in [-0.2, 0) is 0 Å². The summed E-state index contributed by atoms with van der Waals surface area (Å²) in [5.41, 5.74) is 0.579. The van der Waals surface area contributed by atoms with Crippen LogP contribution in [0.25, 0.3) is 0 Å². The monoisotopic (exact) mass is 279 g/mol. The summed E-state index contributed by atoms with van der Waals surface area (Å²) >= 11 is 0. The number of benzene rings is 1. The number of carbonyl (C=O) groups excluding carboxylic acids is 1. The number of hydrogen-bond acceptors (Lipinski definition) is 4. The lowest BCUT2D eigenvalue weighted by molar-refractivity contribution is -0.0512. The van der Waals surface area contributed by atoms with Crippen molar-refractivity contribution >= 4 is 5.78 Å². The molecule has 4 nitrogen and oxygen atoms in total. The maximum absolute atomic E-state index is 12.3. The number of aromatic nitrogens is 1. The predicted octanol–water partition coefficient (Wildman–Crippen LogP) is 2.92. The normalized spacial score (nSPS) is 10.4. The molecule has 0 atom stereocenters. The van der Waals surface area contributed by atoms with Crippen molar-refractivity contribution in [2.75, 3.05) is 7.11 Å². The SMILES string of the molecule is COc1ccc(C(=O)c2cccnc2)cc1OC(F)F. The Balaban J connectivity index is 2.35. The molecule has 104 valence electrons. The number of rotatable bonds is 5. The molecule has 0 fully saturated rings. The molecule has 1 aromatic carbocycles. The van der Waals surface area contributed by atoms with Crippen molar-refractivity contribution in [1.29, 1.82) is 0 Å². The van der Waals surface area contributed by atoms with Gasteiger partial charge in [-0.25, -0.2) is 0 Å². The second kappa shape index (κ2) is 6.10. The van der Waals surface area contributed by atoms with E-state index in [2.05, 4.69) is 9.72 Å². The van der Waals surface area contributed by atoms with Gasteiger partial charge in [-0.2, -0.15) is 8.78 Å². The van der Waals surface area contributed by atoms with Gasteiger partial charge in [-0.15, -0.1) is 0 Å². The van der Waals surface area contributed by atoms with E-state index in [1.807, 2.05) is 0 Å². The highest BCUT2D eigenvalue weighted by molar-refractivity contribution is 6.09. The van der Waals surface area contributed by atoms with E-state index in [4.69, 9.17) is 4.74 Å². The molecule has 0 spiro atoms. The van der Waals surface area contributed by atoms with E-state index in [9.17, 15) is 13.6 Å². The first kappa shape index (κ1) is 13.9. The van der Waals surface area contributed by atoms with Crippen molar-refractivity contribution in [2.45, 2.75) is 6.61 Å². The number of halogens is 2. The summed E-state index contributed by atoms with van der Waals surface area (Å²) in [5, 5.41) is 0. The molecule has 0 N–H and O–H groups in total. The Morgan fingerprint density at radius 1 is 1.20 bits per heavy atom. The first-order valence-corrected chi connectivity index (χ1v) is 5.69. The lowest BCUT2D eigenvalue weighted by Gasteiger charge is -2.11. The van der Waals surface area contributed by atoms with Gasteiger partial charge in [0.2, 0.25) is 0 Å². The van der Waals surface area contributed by atoms with E-state index in [0.29, 0.717) is 5.56 Å². The maximum Gasteiger partial charge on any atom is 0.387 e. The Morgan fingerprint density at radius 2 is 2.00 bits per heavy atom. The van der Waals surface area contributed by atoms with Crippen molar-refractivity contribution in [3.63, 3.8) is 0 Å². The molecule has 6 heteroatoms. The largest absolute Gasteiger partial charge is 0.493 e. The molecular weight excluding hydrogens is 268 g/mol. The second-order valence-electron chi connectivity index (χ2n) is 3.81. The number of ketones is 1. The number of methoxy groups -OCH3 is 1. The van der Waals surface area contributed by atoms with Gasteiger partial charge in [-0.05, 0) is 30.3 Å². The maximum atomic E-state index is 12.3. The molecule has 0 unspecified atom stereocenters. The number of nitrogens with zero attached hydrogens (tertiary/aromatic N) is 1. The molecule has 0 saturated carbocycles. The molecule has 0 aliphatic carbocycles. The van der Waals surface area contributed by atoms with Gasteiger partial charge in [0.25, 0.3) is 0 Å². The minimum absolute atomic E-state index is 0.132. The van der Waals surface area contributed by atoms with Crippen LogP contribution in [-0.4, -0.2) is 24.5 Å². The fourth-order valence-corrected chi connectivity index (χ4v) is 1.67. The fourth-order valence-electron chi connectivity index (χ4n) is 1.67. The number of hydrogen-bond donors (Lipinski definition) is 0. The topological polar surface area (TPSA) is 48.4 Å². The van der Waals surface area contributed by atoms with Crippen molar-refractivity contribution in [2.24, 2.45) is 0 Å². The summed E-state index contributed by atoms with van der Waals surface area (Å²) in [4.78, 5) is 16.0. The summed E-state index contributed by atoms with van der Waals surface area (Å²) < 4.78 is 33.9. The number of alkyl halides is 2. The van der Waals surface area contributed by atoms with Crippen LogP contribution >= 0.6 is 0 Å². The number of carbonyl (C=O) groups is 1. The fraction of sp³-hybridized carbons (Fsp3) is 0.143. The Kier molecular flexibility index (Phi) is 4.24. The molecule has 0 radical (unpaired) electrons. The molecule has 20 heavy (non-hydrogen) atoms. The van der Waals surface area contributed by atoms with Crippen LogP contribution in [0.3, 0.4) is 0 Å². The van der Waals surface area contributed by atoms with Gasteiger partial charge in [-0.1, -0.05) is 0 Å². The summed E-state index contributed by atoms with van der Waals surface area (Å²) in [6.07, 6.45) is 2.94. The molecule has 2 rings (SSSR count). The van der Waals surface area contributed by atoms with Gasteiger partial charge in [0.1, 0.15) is 0 Å². The highest BCUT2D eigenvalue weighted by Crippen LogP contribution is 2.30. The third-order valence-electron chi connectivity index (χ3n) is 2.57. The quantitative estimate of drug-likeness (QED) is 0.790. The zero-order valence-electron chi connectivity index (χ0n) is 10.5. The third kappa shape index (κ3) is 3.09. The van der Waals surface area contributed by atoms with Gasteiger partial charge in [-0.3, -0.25) is 9.78 Å². The summed E-state index contributed by atoms with van der Waals surface area (Å²) in [6, 6.07) is 7.31. The van der Waals surface area contributed by atoms with Crippen LogP contribution in [0, 0.1) is 0 Å². The van der Waals surface area contributed by atoms with Crippen LogP contribution in [0.4, 0.5) is 8.78 Å². The van der Waals surface area contributed by atoms with Gasteiger partial charge < -0.3 is 9.47 Å². The van der Waals surface area contributed by atoms with Crippen LogP contribution in [0.5, 0.6) is 11.5 Å². The first-order valence-electron chi connectivity index (χ1n) is 5.69. The van der Waals surface area contributed by atoms with Crippen molar-refractivity contribution in [3.05, 3.63) is 53.9 Å². The first-order chi connectivity index (χ1) is 9.61. The van der Waals surface area contributed by atoms with Gasteiger partial charge in [0.15, 0.2) is 17.3 Å². The number of ether oxygens (including phenoxy) is 2. The minimum Gasteiger partial charge on any atom is -0.493 e. The zero-order chi connectivity index (χ0) is 14.5. The van der Waals surface area contributed by atoms with Gasteiger partial charge >= 0.3 is 6.61 Å². The molecule has 1 aromatic heterocycles. The van der Waals surface area contributed by atoms with Crippen LogP contribution in [0.2, 0.25) is 0 Å². The van der Waals surface area contributed by atoms with Gasteiger partial charge in [0.05, 0.1) is 7.11 Å². The smallest absolute Gasteiger partial charge is 0.387 e. The molecule has 0 aliphatic heterocycles. The molecule has 2 aromatic rings. The van der Waals surface area contributed by atoms with E-state index in [1.165, 1.54) is 37.7 Å². The van der Waals surface area contributed by atoms with Crippen LogP contribution in [0.15, 0.2) is 42.7 Å². The average molecular weight is 279 g/mol. The van der Waals surface area contributed by atoms with Crippen molar-refractivity contribution in [3.8, 4) is 11.5 Å². The Labute approximate surface area is 114 Å².